The third-order valence-electron chi connectivity index (χ3n) is 6.61. The van der Waals surface area contributed by atoms with Crippen LogP contribution in [0.5, 0.6) is 0 Å². The smallest absolute Gasteiger partial charge is 0.455 e. The maximum absolute atomic E-state index is 14.4. The molecule has 0 atom stereocenters. The molecule has 5 rings (SSSR count). The number of benzene rings is 3. The average molecular weight is 540 g/mol. The zero-order chi connectivity index (χ0) is 27.1. The molecule has 3 N–H and O–H groups in total. The van der Waals surface area contributed by atoms with Crippen LogP contribution in [0.3, 0.4) is 0 Å². The van der Waals surface area contributed by atoms with E-state index in [2.05, 4.69) is 5.32 Å². The summed E-state index contributed by atoms with van der Waals surface area (Å²) in [6.45, 7) is -0.136. The Morgan fingerprint density at radius 1 is 1.11 bits per heavy atom. The number of nitrogens with zero attached hydrogens (tertiary/aromatic N) is 1. The van der Waals surface area contributed by atoms with E-state index >= 15 is 0 Å². The second-order valence-electron chi connectivity index (χ2n) is 9.09. The van der Waals surface area contributed by atoms with Crippen LogP contribution in [0.25, 0.3) is 22.3 Å². The first kappa shape index (κ1) is 25.9. The summed E-state index contributed by atoms with van der Waals surface area (Å²) in [5.74, 6) is -1.36. The maximum Gasteiger partial charge on any atom is 0.491 e. The number of carbonyl (C=O) groups is 1. The molecule has 0 unspecified atom stereocenters. The Morgan fingerprint density at radius 2 is 1.82 bits per heavy atom. The van der Waals surface area contributed by atoms with Gasteiger partial charge in [0.15, 0.2) is 0 Å². The molecule has 0 aliphatic heterocycles. The minimum absolute atomic E-state index is 0.0161. The number of nitrogens with one attached hydrogen (secondary N) is 1. The van der Waals surface area contributed by atoms with E-state index in [9.17, 15) is 32.0 Å². The fourth-order valence-electron chi connectivity index (χ4n) is 4.56. The van der Waals surface area contributed by atoms with Crippen molar-refractivity contribution in [2.75, 3.05) is 11.4 Å². The van der Waals surface area contributed by atoms with Crippen LogP contribution < -0.4 is 15.1 Å². The fourth-order valence-corrected chi connectivity index (χ4v) is 5.14. The lowest BCUT2D eigenvalue weighted by Gasteiger charge is -2.20. The van der Waals surface area contributed by atoms with Gasteiger partial charge in [-0.25, -0.2) is 17.2 Å². The molecule has 1 aliphatic carbocycles. The van der Waals surface area contributed by atoms with Crippen molar-refractivity contribution in [3.05, 3.63) is 82.9 Å². The number of furan rings is 1. The number of hydrogen-bond donors (Lipinski definition) is 4. The summed E-state index contributed by atoms with van der Waals surface area (Å²) in [5, 5.41) is 21.7. The maximum atomic E-state index is 14.4. The lowest BCUT2D eigenvalue weighted by atomic mass is 9.80. The van der Waals surface area contributed by atoms with Crippen LogP contribution in [0.1, 0.15) is 40.2 Å². The van der Waals surface area contributed by atoms with Gasteiger partial charge in [-0.15, -0.1) is 0 Å². The SMILES string of the molecule is CNC(=O)c1c(-c2ccc(F)cc2)oc2cc(CN(c3ccc(B(O)O)c(F)c3)[SH](=O)=O)c(C3CC3)cc12. The molecule has 0 spiro atoms. The van der Waals surface area contributed by atoms with Crippen molar-refractivity contribution in [3.63, 3.8) is 0 Å². The van der Waals surface area contributed by atoms with Gasteiger partial charge in [-0.2, -0.15) is 0 Å². The molecule has 0 saturated heterocycles. The molecule has 4 aromatic rings. The fraction of sp³-hybridized carbons (Fsp3) is 0.192. The molecule has 1 amide bonds. The zero-order valence-electron chi connectivity index (χ0n) is 20.1. The van der Waals surface area contributed by atoms with Crippen LogP contribution in [-0.4, -0.2) is 38.5 Å². The van der Waals surface area contributed by atoms with E-state index in [1.807, 2.05) is 6.07 Å². The highest BCUT2D eigenvalue weighted by Crippen LogP contribution is 2.45. The standard InChI is InChI=1S/C26H23BF2N2O6S/c1-30-26(32)24-20-12-19(14-2-3-14)16(10-23(20)37-25(24)15-4-6-17(28)7-5-15)13-31(38(35)36)18-8-9-21(27(33)34)22(29)11-18/h4-12,14,33-34,38H,2-3,13H2,1H3,(H,30,32). The van der Waals surface area contributed by atoms with Gasteiger partial charge in [0.2, 0.25) is 10.9 Å². The number of amides is 1. The van der Waals surface area contributed by atoms with Crippen LogP contribution in [0.4, 0.5) is 14.5 Å². The van der Waals surface area contributed by atoms with Crippen molar-refractivity contribution in [3.8, 4) is 11.3 Å². The van der Waals surface area contributed by atoms with Gasteiger partial charge < -0.3 is 19.8 Å². The molecule has 1 heterocycles. The first-order valence-corrected chi connectivity index (χ1v) is 13.0. The number of carbonyl (C=O) groups excluding carboxylic acids is 1. The molecule has 196 valence electrons. The van der Waals surface area contributed by atoms with Crippen LogP contribution in [0.15, 0.2) is 59.0 Å². The molecule has 1 aromatic heterocycles. The number of fused-ring (bicyclic) bond motifs is 1. The molecule has 3 aromatic carbocycles. The number of thiol groups is 1. The van der Waals surface area contributed by atoms with E-state index in [1.165, 1.54) is 37.4 Å². The summed E-state index contributed by atoms with van der Waals surface area (Å²) in [5.41, 5.74) is 2.24. The predicted molar refractivity (Wildman–Crippen MR) is 140 cm³/mol. The zero-order valence-corrected chi connectivity index (χ0v) is 21.0. The molecule has 1 fully saturated rings. The van der Waals surface area contributed by atoms with Crippen molar-refractivity contribution in [2.24, 2.45) is 0 Å². The Morgan fingerprint density at radius 3 is 2.39 bits per heavy atom. The number of rotatable bonds is 8. The minimum atomic E-state index is -3.20. The van der Waals surface area contributed by atoms with E-state index in [-0.39, 0.29) is 40.8 Å². The first-order chi connectivity index (χ1) is 18.2. The van der Waals surface area contributed by atoms with Crippen LogP contribution in [-0.2, 0) is 17.4 Å². The van der Waals surface area contributed by atoms with Crippen molar-refractivity contribution < 1.29 is 36.5 Å². The van der Waals surface area contributed by atoms with E-state index < -0.39 is 29.6 Å². The second-order valence-corrected chi connectivity index (χ2v) is 10.0. The Hall–Kier alpha value is -3.74. The summed E-state index contributed by atoms with van der Waals surface area (Å²) < 4.78 is 59.5. The molecule has 0 bridgehead atoms. The van der Waals surface area contributed by atoms with Gasteiger partial charge in [-0.1, -0.05) is 6.07 Å². The number of hydrogen-bond acceptors (Lipinski definition) is 6. The highest BCUT2D eigenvalue weighted by atomic mass is 32.2. The first-order valence-electron chi connectivity index (χ1n) is 11.8. The van der Waals surface area contributed by atoms with Gasteiger partial charge in [-0.05, 0) is 78.4 Å². The quantitative estimate of drug-likeness (QED) is 0.202. The molecule has 0 radical (unpaired) electrons. The van der Waals surface area contributed by atoms with E-state index in [0.717, 1.165) is 34.8 Å². The molecule has 1 aliphatic rings. The van der Waals surface area contributed by atoms with Gasteiger partial charge >= 0.3 is 7.12 Å². The number of halogens is 2. The molecule has 38 heavy (non-hydrogen) atoms. The molecule has 12 heteroatoms. The third-order valence-corrected chi connectivity index (χ3v) is 7.37. The lowest BCUT2D eigenvalue weighted by molar-refractivity contribution is 0.0964. The molecular weight excluding hydrogens is 517 g/mol. The lowest BCUT2D eigenvalue weighted by Crippen LogP contribution is -2.33. The van der Waals surface area contributed by atoms with E-state index in [0.29, 0.717) is 22.1 Å². The van der Waals surface area contributed by atoms with Gasteiger partial charge in [-0.3, -0.25) is 9.10 Å². The summed E-state index contributed by atoms with van der Waals surface area (Å²) in [6.07, 6.45) is 1.77. The van der Waals surface area contributed by atoms with Crippen LogP contribution in [0, 0.1) is 11.6 Å². The van der Waals surface area contributed by atoms with E-state index in [1.54, 1.807) is 6.07 Å². The normalized spacial score (nSPS) is 13.2. The Labute approximate surface area is 218 Å². The van der Waals surface area contributed by atoms with Crippen molar-refractivity contribution in [2.45, 2.75) is 25.3 Å². The highest BCUT2D eigenvalue weighted by Gasteiger charge is 2.30. The summed E-state index contributed by atoms with van der Waals surface area (Å²) in [4.78, 5) is 12.9. The largest absolute Gasteiger partial charge is 0.491 e. The van der Waals surface area contributed by atoms with Crippen molar-refractivity contribution in [1.82, 2.24) is 5.32 Å². The predicted octanol–water partition coefficient (Wildman–Crippen LogP) is 2.83. The third kappa shape index (κ3) is 4.90. The second kappa shape index (κ2) is 10.2. The van der Waals surface area contributed by atoms with Gasteiger partial charge in [0.05, 0.1) is 17.8 Å². The van der Waals surface area contributed by atoms with Crippen molar-refractivity contribution >= 4 is 46.0 Å². The van der Waals surface area contributed by atoms with E-state index in [4.69, 9.17) is 4.42 Å². The van der Waals surface area contributed by atoms with Gasteiger partial charge in [0, 0.05) is 23.5 Å². The molecule has 1 saturated carbocycles. The summed E-state index contributed by atoms with van der Waals surface area (Å²) in [7, 11) is -3.74. The topological polar surface area (TPSA) is 120 Å². The average Bonchev–Trinajstić information content (AvgIpc) is 3.66. The monoisotopic (exact) mass is 540 g/mol. The van der Waals surface area contributed by atoms with Crippen LogP contribution in [0.2, 0.25) is 0 Å². The summed E-state index contributed by atoms with van der Waals surface area (Å²) in [6, 6.07) is 12.4. The Bertz CT molecular complexity index is 1610. The highest BCUT2D eigenvalue weighted by molar-refractivity contribution is 7.74. The van der Waals surface area contributed by atoms with Crippen LogP contribution >= 0.6 is 0 Å². The summed E-state index contributed by atoms with van der Waals surface area (Å²) >= 11 is 0. The van der Waals surface area contributed by atoms with Gasteiger partial charge in [0.25, 0.3) is 5.91 Å². The van der Waals surface area contributed by atoms with Crippen molar-refractivity contribution in [1.29, 1.82) is 0 Å². The minimum Gasteiger partial charge on any atom is -0.455 e. The number of anilines is 1. The molecular formula is C26H23BF2N2O6S. The molecule has 8 nitrogen and oxygen atoms in total. The Kier molecular flexibility index (Phi) is 6.95. The van der Waals surface area contributed by atoms with Gasteiger partial charge in [0.1, 0.15) is 23.0 Å². The Balaban J connectivity index is 1.63.